The predicted octanol–water partition coefficient (Wildman–Crippen LogP) is 2.60. The minimum absolute atomic E-state index is 0.151. The SMILES string of the molecule is O=C(NN1CCC=C(Cc2ccccc2)C1)c1ccccn1. The second kappa shape index (κ2) is 7.00. The molecule has 4 nitrogen and oxygen atoms in total. The minimum atomic E-state index is -0.151. The van der Waals surface area contributed by atoms with Gasteiger partial charge in [0.15, 0.2) is 0 Å². The van der Waals surface area contributed by atoms with Gasteiger partial charge in [0.2, 0.25) is 0 Å². The van der Waals surface area contributed by atoms with E-state index in [-0.39, 0.29) is 5.91 Å². The van der Waals surface area contributed by atoms with Crippen LogP contribution in [0.3, 0.4) is 0 Å². The number of hydrazine groups is 1. The molecule has 0 radical (unpaired) electrons. The number of hydrogen-bond acceptors (Lipinski definition) is 3. The number of benzene rings is 1. The Morgan fingerprint density at radius 3 is 2.73 bits per heavy atom. The molecule has 1 amide bonds. The van der Waals surface area contributed by atoms with Crippen LogP contribution in [0.25, 0.3) is 0 Å². The second-order valence-corrected chi connectivity index (χ2v) is 5.39. The molecule has 1 aromatic carbocycles. The molecule has 3 rings (SSSR count). The van der Waals surface area contributed by atoms with Gasteiger partial charge in [0.05, 0.1) is 0 Å². The van der Waals surface area contributed by atoms with Crippen LogP contribution >= 0.6 is 0 Å². The minimum Gasteiger partial charge on any atom is -0.283 e. The van der Waals surface area contributed by atoms with Gasteiger partial charge in [0.1, 0.15) is 5.69 Å². The first-order valence-electron chi connectivity index (χ1n) is 7.50. The molecular weight excluding hydrogens is 274 g/mol. The van der Waals surface area contributed by atoms with E-state index in [2.05, 4.69) is 40.8 Å². The van der Waals surface area contributed by atoms with Crippen LogP contribution in [0.1, 0.15) is 22.5 Å². The highest BCUT2D eigenvalue weighted by Crippen LogP contribution is 2.14. The summed E-state index contributed by atoms with van der Waals surface area (Å²) in [5.41, 5.74) is 6.02. The summed E-state index contributed by atoms with van der Waals surface area (Å²) < 4.78 is 0. The molecule has 0 aliphatic carbocycles. The highest BCUT2D eigenvalue weighted by Gasteiger charge is 2.16. The molecule has 0 saturated carbocycles. The largest absolute Gasteiger partial charge is 0.284 e. The number of amides is 1. The van der Waals surface area contributed by atoms with E-state index in [0.29, 0.717) is 5.69 Å². The van der Waals surface area contributed by atoms with Crippen LogP contribution in [0.2, 0.25) is 0 Å². The van der Waals surface area contributed by atoms with Crippen molar-refractivity contribution >= 4 is 5.91 Å². The Balaban J connectivity index is 1.58. The van der Waals surface area contributed by atoms with Crippen LogP contribution in [0, 0.1) is 0 Å². The molecule has 0 fully saturated rings. The average Bonchev–Trinajstić information content (AvgIpc) is 2.57. The van der Waals surface area contributed by atoms with Crippen molar-refractivity contribution in [3.63, 3.8) is 0 Å². The monoisotopic (exact) mass is 293 g/mol. The van der Waals surface area contributed by atoms with E-state index in [4.69, 9.17) is 0 Å². The molecule has 0 bridgehead atoms. The van der Waals surface area contributed by atoms with Crippen LogP contribution in [0.15, 0.2) is 66.4 Å². The number of hydrogen-bond donors (Lipinski definition) is 1. The maximum absolute atomic E-state index is 12.1. The van der Waals surface area contributed by atoms with E-state index < -0.39 is 0 Å². The molecule has 1 aliphatic rings. The fourth-order valence-electron chi connectivity index (χ4n) is 2.59. The van der Waals surface area contributed by atoms with Crippen molar-refractivity contribution in [1.29, 1.82) is 0 Å². The summed E-state index contributed by atoms with van der Waals surface area (Å²) in [6, 6.07) is 15.7. The zero-order valence-electron chi connectivity index (χ0n) is 12.4. The molecule has 4 heteroatoms. The van der Waals surface area contributed by atoms with Crippen molar-refractivity contribution in [2.24, 2.45) is 0 Å². The van der Waals surface area contributed by atoms with Gasteiger partial charge in [0, 0.05) is 19.3 Å². The van der Waals surface area contributed by atoms with Crippen LogP contribution < -0.4 is 5.43 Å². The zero-order valence-corrected chi connectivity index (χ0v) is 12.4. The van der Waals surface area contributed by atoms with E-state index in [1.54, 1.807) is 18.3 Å². The standard InChI is InChI=1S/C18H19N3O/c22-18(17-10-4-5-11-19-17)20-21-12-6-9-16(14-21)13-15-7-2-1-3-8-15/h1-5,7-11H,6,12-14H2,(H,20,22). The summed E-state index contributed by atoms with van der Waals surface area (Å²) in [5.74, 6) is -0.151. The van der Waals surface area contributed by atoms with Gasteiger partial charge >= 0.3 is 0 Å². The highest BCUT2D eigenvalue weighted by atomic mass is 16.2. The van der Waals surface area contributed by atoms with Gasteiger partial charge < -0.3 is 0 Å². The number of nitrogens with one attached hydrogen (secondary N) is 1. The Hall–Kier alpha value is -2.46. The van der Waals surface area contributed by atoms with Gasteiger partial charge in [0.25, 0.3) is 5.91 Å². The third kappa shape index (κ3) is 3.80. The average molecular weight is 293 g/mol. The lowest BCUT2D eigenvalue weighted by Crippen LogP contribution is -2.45. The molecule has 0 atom stereocenters. The molecule has 2 aromatic rings. The fraction of sp³-hybridized carbons (Fsp3) is 0.222. The second-order valence-electron chi connectivity index (χ2n) is 5.39. The normalized spacial score (nSPS) is 15.2. The van der Waals surface area contributed by atoms with Crippen molar-refractivity contribution in [3.8, 4) is 0 Å². The number of carbonyl (C=O) groups excluding carboxylic acids is 1. The van der Waals surface area contributed by atoms with Crippen LogP contribution in [0.4, 0.5) is 0 Å². The van der Waals surface area contributed by atoms with Crippen molar-refractivity contribution in [3.05, 3.63) is 77.6 Å². The number of carbonyl (C=O) groups is 1. The molecule has 0 unspecified atom stereocenters. The van der Waals surface area contributed by atoms with Gasteiger partial charge in [-0.15, -0.1) is 0 Å². The van der Waals surface area contributed by atoms with Crippen molar-refractivity contribution in [2.75, 3.05) is 13.1 Å². The molecule has 1 aromatic heterocycles. The molecule has 2 heterocycles. The van der Waals surface area contributed by atoms with E-state index in [9.17, 15) is 4.79 Å². The van der Waals surface area contributed by atoms with Crippen LogP contribution in [0.5, 0.6) is 0 Å². The lowest BCUT2D eigenvalue weighted by atomic mass is 10.0. The number of aromatic nitrogens is 1. The van der Waals surface area contributed by atoms with Gasteiger partial charge in [-0.1, -0.05) is 48.0 Å². The summed E-state index contributed by atoms with van der Waals surface area (Å²) in [7, 11) is 0. The van der Waals surface area contributed by atoms with Crippen molar-refractivity contribution in [2.45, 2.75) is 12.8 Å². The molecule has 1 N–H and O–H groups in total. The van der Waals surface area contributed by atoms with Crippen molar-refractivity contribution in [1.82, 2.24) is 15.4 Å². The summed E-state index contributed by atoms with van der Waals surface area (Å²) in [5, 5.41) is 1.97. The highest BCUT2D eigenvalue weighted by molar-refractivity contribution is 5.91. The van der Waals surface area contributed by atoms with E-state index in [0.717, 1.165) is 25.9 Å². The lowest BCUT2D eigenvalue weighted by molar-refractivity contribution is 0.0793. The number of pyridine rings is 1. The maximum Gasteiger partial charge on any atom is 0.284 e. The Kier molecular flexibility index (Phi) is 4.61. The molecule has 0 saturated heterocycles. The summed E-state index contributed by atoms with van der Waals surface area (Å²) in [6.07, 6.45) is 5.78. The summed E-state index contributed by atoms with van der Waals surface area (Å²) in [4.78, 5) is 16.2. The van der Waals surface area contributed by atoms with Crippen LogP contribution in [-0.4, -0.2) is 29.0 Å². The molecule has 1 aliphatic heterocycles. The molecule has 22 heavy (non-hydrogen) atoms. The third-order valence-corrected chi connectivity index (χ3v) is 3.66. The van der Waals surface area contributed by atoms with E-state index >= 15 is 0 Å². The first-order chi connectivity index (χ1) is 10.8. The Labute approximate surface area is 130 Å². The smallest absolute Gasteiger partial charge is 0.283 e. The van der Waals surface area contributed by atoms with E-state index in [1.165, 1.54) is 11.1 Å². The Morgan fingerprint density at radius 1 is 1.14 bits per heavy atom. The van der Waals surface area contributed by atoms with Gasteiger partial charge in [-0.25, -0.2) is 5.01 Å². The topological polar surface area (TPSA) is 45.2 Å². The first kappa shape index (κ1) is 14.5. The van der Waals surface area contributed by atoms with Gasteiger partial charge in [-0.05, 0) is 30.5 Å². The third-order valence-electron chi connectivity index (χ3n) is 3.66. The van der Waals surface area contributed by atoms with Crippen molar-refractivity contribution < 1.29 is 4.79 Å². The van der Waals surface area contributed by atoms with E-state index in [1.807, 2.05) is 17.1 Å². The Bertz CT molecular complexity index is 653. The zero-order chi connectivity index (χ0) is 15.2. The van der Waals surface area contributed by atoms with Gasteiger partial charge in [-0.2, -0.15) is 0 Å². The Morgan fingerprint density at radius 2 is 1.95 bits per heavy atom. The molecule has 112 valence electrons. The van der Waals surface area contributed by atoms with Crippen LogP contribution in [-0.2, 0) is 6.42 Å². The maximum atomic E-state index is 12.1. The fourth-order valence-corrected chi connectivity index (χ4v) is 2.59. The summed E-state index contributed by atoms with van der Waals surface area (Å²) >= 11 is 0. The quantitative estimate of drug-likeness (QED) is 0.881. The predicted molar refractivity (Wildman–Crippen MR) is 86.1 cm³/mol. The molecular formula is C18H19N3O. The number of rotatable bonds is 4. The first-order valence-corrected chi connectivity index (χ1v) is 7.50. The summed E-state index contributed by atoms with van der Waals surface area (Å²) in [6.45, 7) is 1.59. The van der Waals surface area contributed by atoms with Gasteiger partial charge in [-0.3, -0.25) is 15.2 Å². The molecule has 0 spiro atoms. The lowest BCUT2D eigenvalue weighted by Gasteiger charge is -2.27. The number of nitrogens with zero attached hydrogens (tertiary/aromatic N) is 2.